The summed E-state index contributed by atoms with van der Waals surface area (Å²) in [6, 6.07) is 1.58. The van der Waals surface area contributed by atoms with Crippen LogP contribution in [-0.2, 0) is 6.42 Å². The van der Waals surface area contributed by atoms with Crippen molar-refractivity contribution >= 4 is 11.3 Å². The molecule has 4 heteroatoms. The first-order chi connectivity index (χ1) is 8.79. The van der Waals surface area contributed by atoms with Crippen LogP contribution in [0.4, 0.5) is 0 Å². The average Bonchev–Trinajstić information content (AvgIpc) is 3.08. The van der Waals surface area contributed by atoms with E-state index in [4.69, 9.17) is 0 Å². The maximum absolute atomic E-state index is 4.55. The summed E-state index contributed by atoms with van der Waals surface area (Å²) in [5, 5.41) is 7.17. The van der Waals surface area contributed by atoms with Crippen LogP contribution in [0.5, 0.6) is 0 Å². The van der Waals surface area contributed by atoms with E-state index in [-0.39, 0.29) is 0 Å². The number of piperidine rings is 1. The van der Waals surface area contributed by atoms with Gasteiger partial charge in [-0.3, -0.25) is 0 Å². The lowest BCUT2D eigenvalue weighted by Gasteiger charge is -2.33. The number of aromatic nitrogens is 1. The zero-order chi connectivity index (χ0) is 12.4. The van der Waals surface area contributed by atoms with Crippen molar-refractivity contribution in [1.82, 2.24) is 15.2 Å². The van der Waals surface area contributed by atoms with Crippen molar-refractivity contribution in [2.75, 3.05) is 19.6 Å². The van der Waals surface area contributed by atoms with Gasteiger partial charge in [-0.05, 0) is 39.2 Å². The van der Waals surface area contributed by atoms with Gasteiger partial charge >= 0.3 is 0 Å². The molecule has 18 heavy (non-hydrogen) atoms. The Morgan fingerprint density at radius 3 is 3.00 bits per heavy atom. The van der Waals surface area contributed by atoms with E-state index >= 15 is 0 Å². The fraction of sp³-hybridized carbons (Fsp3) is 0.786. The second kappa shape index (κ2) is 5.68. The van der Waals surface area contributed by atoms with Crippen molar-refractivity contribution in [1.29, 1.82) is 0 Å². The molecule has 1 aromatic heterocycles. The summed E-state index contributed by atoms with van der Waals surface area (Å²) in [6.45, 7) is 5.77. The third kappa shape index (κ3) is 3.53. The first-order valence-electron chi connectivity index (χ1n) is 7.19. The second-order valence-electron chi connectivity index (χ2n) is 5.69. The molecule has 1 aliphatic heterocycles. The van der Waals surface area contributed by atoms with Crippen LogP contribution in [0.2, 0.25) is 0 Å². The molecule has 1 aliphatic carbocycles. The van der Waals surface area contributed by atoms with Gasteiger partial charge in [-0.25, -0.2) is 4.98 Å². The van der Waals surface area contributed by atoms with E-state index in [1.54, 1.807) is 11.3 Å². The molecular formula is C14H23N3S. The average molecular weight is 265 g/mol. The lowest BCUT2D eigenvalue weighted by molar-refractivity contribution is 0.191. The highest BCUT2D eigenvalue weighted by Crippen LogP contribution is 2.22. The second-order valence-corrected chi connectivity index (χ2v) is 6.75. The van der Waals surface area contributed by atoms with Gasteiger partial charge in [0.2, 0.25) is 0 Å². The molecule has 0 radical (unpaired) electrons. The van der Waals surface area contributed by atoms with Gasteiger partial charge in [-0.1, -0.05) is 0 Å². The standard InChI is InChI=1S/C14H23N3S/c1-11-15-14(10-18-11)6-8-17-7-2-3-13(9-17)16-12-4-5-12/h10,12-13,16H,2-9H2,1H3. The maximum atomic E-state index is 4.55. The molecule has 3 nitrogen and oxygen atoms in total. The van der Waals surface area contributed by atoms with Crippen molar-refractivity contribution < 1.29 is 0 Å². The molecule has 1 unspecified atom stereocenters. The van der Waals surface area contributed by atoms with E-state index in [9.17, 15) is 0 Å². The zero-order valence-corrected chi connectivity index (χ0v) is 12.0. The van der Waals surface area contributed by atoms with E-state index in [0.29, 0.717) is 0 Å². The molecule has 1 saturated heterocycles. The van der Waals surface area contributed by atoms with E-state index in [1.807, 2.05) is 0 Å². The smallest absolute Gasteiger partial charge is 0.0897 e. The molecule has 1 aromatic rings. The Morgan fingerprint density at radius 2 is 2.28 bits per heavy atom. The van der Waals surface area contributed by atoms with Crippen molar-refractivity contribution in [3.8, 4) is 0 Å². The Bertz CT molecular complexity index is 386. The summed E-state index contributed by atoms with van der Waals surface area (Å²) in [6.07, 6.45) is 6.62. The number of thiazole rings is 1. The van der Waals surface area contributed by atoms with Crippen LogP contribution in [0.3, 0.4) is 0 Å². The summed E-state index contributed by atoms with van der Waals surface area (Å²) in [5.41, 5.74) is 1.27. The molecule has 1 N–H and O–H groups in total. The van der Waals surface area contributed by atoms with Gasteiger partial charge in [0, 0.05) is 37.0 Å². The predicted octanol–water partition coefficient (Wildman–Crippen LogP) is 2.21. The van der Waals surface area contributed by atoms with Gasteiger partial charge in [0.15, 0.2) is 0 Å². The largest absolute Gasteiger partial charge is 0.310 e. The topological polar surface area (TPSA) is 28.2 Å². The molecule has 0 amide bonds. The van der Waals surface area contributed by atoms with Crippen LogP contribution in [0.25, 0.3) is 0 Å². The first kappa shape index (κ1) is 12.6. The highest BCUT2D eigenvalue weighted by Gasteiger charge is 2.27. The van der Waals surface area contributed by atoms with Crippen molar-refractivity contribution in [3.63, 3.8) is 0 Å². The predicted molar refractivity (Wildman–Crippen MR) is 76.2 cm³/mol. The Morgan fingerprint density at radius 1 is 1.39 bits per heavy atom. The van der Waals surface area contributed by atoms with Crippen LogP contribution in [0.1, 0.15) is 36.4 Å². The Balaban J connectivity index is 1.43. The summed E-state index contributed by atoms with van der Waals surface area (Å²) in [5.74, 6) is 0. The Labute approximate surface area is 114 Å². The number of nitrogens with zero attached hydrogens (tertiary/aromatic N) is 2. The number of aryl methyl sites for hydroxylation is 1. The van der Waals surface area contributed by atoms with Gasteiger partial charge in [0.1, 0.15) is 0 Å². The molecule has 0 bridgehead atoms. The highest BCUT2D eigenvalue weighted by atomic mass is 32.1. The molecule has 100 valence electrons. The van der Waals surface area contributed by atoms with Crippen LogP contribution in [0, 0.1) is 6.92 Å². The fourth-order valence-electron chi connectivity index (χ4n) is 2.77. The number of nitrogens with one attached hydrogen (secondary N) is 1. The molecule has 2 fully saturated rings. The summed E-state index contributed by atoms with van der Waals surface area (Å²) >= 11 is 1.77. The fourth-order valence-corrected chi connectivity index (χ4v) is 3.42. The van der Waals surface area contributed by atoms with Crippen molar-refractivity contribution in [2.24, 2.45) is 0 Å². The molecule has 2 heterocycles. The van der Waals surface area contributed by atoms with Gasteiger partial charge in [0.25, 0.3) is 0 Å². The van der Waals surface area contributed by atoms with E-state index in [0.717, 1.165) is 18.5 Å². The molecule has 1 saturated carbocycles. The third-order valence-corrected chi connectivity index (χ3v) is 4.73. The van der Waals surface area contributed by atoms with E-state index in [2.05, 4.69) is 27.5 Å². The highest BCUT2D eigenvalue weighted by molar-refractivity contribution is 7.09. The minimum atomic E-state index is 0.739. The van der Waals surface area contributed by atoms with Crippen LogP contribution in [0.15, 0.2) is 5.38 Å². The molecule has 3 rings (SSSR count). The SMILES string of the molecule is Cc1nc(CCN2CCCC(NC3CC3)C2)cs1. The number of likely N-dealkylation sites (tertiary alicyclic amines) is 1. The van der Waals surface area contributed by atoms with Gasteiger partial charge in [-0.15, -0.1) is 11.3 Å². The zero-order valence-electron chi connectivity index (χ0n) is 11.2. The van der Waals surface area contributed by atoms with Crippen LogP contribution >= 0.6 is 11.3 Å². The third-order valence-electron chi connectivity index (χ3n) is 3.91. The molecule has 0 spiro atoms. The number of hydrogen-bond donors (Lipinski definition) is 1. The van der Waals surface area contributed by atoms with Crippen LogP contribution in [-0.4, -0.2) is 41.6 Å². The normalized spacial score (nSPS) is 25.5. The van der Waals surface area contributed by atoms with Crippen molar-refractivity contribution in [2.45, 2.75) is 51.1 Å². The minimum absolute atomic E-state index is 0.739. The molecule has 1 atom stereocenters. The Hall–Kier alpha value is -0.450. The summed E-state index contributed by atoms with van der Waals surface area (Å²) in [4.78, 5) is 7.16. The minimum Gasteiger partial charge on any atom is -0.310 e. The quantitative estimate of drug-likeness (QED) is 0.885. The maximum Gasteiger partial charge on any atom is 0.0897 e. The van der Waals surface area contributed by atoms with E-state index < -0.39 is 0 Å². The lowest BCUT2D eigenvalue weighted by Crippen LogP contribution is -2.46. The number of rotatable bonds is 5. The van der Waals surface area contributed by atoms with Gasteiger partial charge in [-0.2, -0.15) is 0 Å². The lowest BCUT2D eigenvalue weighted by atomic mass is 10.1. The molecule has 2 aliphatic rings. The first-order valence-corrected chi connectivity index (χ1v) is 8.07. The molecule has 0 aromatic carbocycles. The summed E-state index contributed by atoms with van der Waals surface area (Å²) < 4.78 is 0. The number of hydrogen-bond acceptors (Lipinski definition) is 4. The molecular weight excluding hydrogens is 242 g/mol. The van der Waals surface area contributed by atoms with Gasteiger partial charge < -0.3 is 10.2 Å². The monoisotopic (exact) mass is 265 g/mol. The van der Waals surface area contributed by atoms with Crippen molar-refractivity contribution in [3.05, 3.63) is 16.1 Å². The van der Waals surface area contributed by atoms with Gasteiger partial charge in [0.05, 0.1) is 10.7 Å². The summed E-state index contributed by atoms with van der Waals surface area (Å²) in [7, 11) is 0. The Kier molecular flexibility index (Phi) is 3.97. The van der Waals surface area contributed by atoms with Crippen LogP contribution < -0.4 is 5.32 Å². The van der Waals surface area contributed by atoms with E-state index in [1.165, 1.54) is 56.0 Å².